The van der Waals surface area contributed by atoms with Crippen LogP contribution < -0.4 is 5.84 Å². The monoisotopic (exact) mass is 264 g/mol. The van der Waals surface area contributed by atoms with Gasteiger partial charge in [-0.3, -0.25) is 5.84 Å². The van der Waals surface area contributed by atoms with E-state index in [0.29, 0.717) is 0 Å². The molecule has 0 aliphatic carbocycles. The Morgan fingerprint density at radius 1 is 1.28 bits per heavy atom. The summed E-state index contributed by atoms with van der Waals surface area (Å²) in [6, 6.07) is 0.0973. The molecule has 0 unspecified atom stereocenters. The van der Waals surface area contributed by atoms with Gasteiger partial charge in [-0.05, 0) is 20.8 Å². The van der Waals surface area contributed by atoms with E-state index in [9.17, 15) is 0 Å². The zero-order valence-electron chi connectivity index (χ0n) is 10.7. The van der Waals surface area contributed by atoms with Gasteiger partial charge < -0.3 is 4.57 Å². The van der Waals surface area contributed by atoms with E-state index in [4.69, 9.17) is 5.84 Å². The van der Waals surface area contributed by atoms with Crippen molar-refractivity contribution in [3.63, 3.8) is 0 Å². The predicted octanol–water partition coefficient (Wildman–Crippen LogP) is 1.27. The molecule has 2 aromatic heterocycles. The molecule has 0 fully saturated rings. The van der Waals surface area contributed by atoms with E-state index >= 15 is 0 Å². The average Bonchev–Trinajstić information content (AvgIpc) is 2.87. The lowest BCUT2D eigenvalue weighted by Gasteiger charge is -2.29. The molecule has 1 aliphatic heterocycles. The molecule has 7 heteroatoms. The van der Waals surface area contributed by atoms with Crippen LogP contribution in [0.2, 0.25) is 0 Å². The Kier molecular flexibility index (Phi) is 2.69. The fourth-order valence-electron chi connectivity index (χ4n) is 2.31. The van der Waals surface area contributed by atoms with E-state index in [0.717, 1.165) is 35.4 Å². The van der Waals surface area contributed by atoms with Gasteiger partial charge >= 0.3 is 0 Å². The molecule has 1 aliphatic rings. The zero-order chi connectivity index (χ0) is 12.9. The molecule has 0 bridgehead atoms. The number of rotatable bonds is 1. The van der Waals surface area contributed by atoms with Gasteiger partial charge in [-0.15, -0.1) is 21.5 Å². The largest absolute Gasteiger partial charge is 0.307 e. The van der Waals surface area contributed by atoms with Crippen molar-refractivity contribution < 1.29 is 0 Å². The molecule has 0 saturated heterocycles. The number of nitrogens with zero attached hydrogens (tertiary/aromatic N) is 5. The van der Waals surface area contributed by atoms with Crippen LogP contribution in [-0.2, 0) is 6.54 Å². The second-order valence-electron chi connectivity index (χ2n) is 4.58. The van der Waals surface area contributed by atoms with Crippen molar-refractivity contribution in [3.05, 3.63) is 15.7 Å². The second-order valence-corrected chi connectivity index (χ2v) is 5.99. The van der Waals surface area contributed by atoms with Crippen LogP contribution in [0, 0.1) is 13.8 Å². The van der Waals surface area contributed by atoms with E-state index in [1.54, 1.807) is 16.3 Å². The van der Waals surface area contributed by atoms with Gasteiger partial charge in [0, 0.05) is 18.0 Å². The molecule has 2 N–H and O–H groups in total. The quantitative estimate of drug-likeness (QED) is 0.785. The Morgan fingerprint density at radius 2 is 2.06 bits per heavy atom. The van der Waals surface area contributed by atoms with Gasteiger partial charge in [0.15, 0.2) is 11.6 Å². The van der Waals surface area contributed by atoms with Crippen LogP contribution in [0.1, 0.15) is 28.7 Å². The number of fused-ring (bicyclic) bond motifs is 1. The lowest BCUT2D eigenvalue weighted by molar-refractivity contribution is 0.168. The molecule has 0 spiro atoms. The first-order valence-corrected chi connectivity index (χ1v) is 6.78. The summed E-state index contributed by atoms with van der Waals surface area (Å²) in [7, 11) is 0. The number of hydrazine groups is 1. The van der Waals surface area contributed by atoms with Crippen LogP contribution in [0.5, 0.6) is 0 Å². The van der Waals surface area contributed by atoms with Crippen LogP contribution in [-0.4, -0.2) is 31.3 Å². The molecule has 1 atom stereocenters. The summed E-state index contributed by atoms with van der Waals surface area (Å²) in [6.07, 6.45) is 0. The van der Waals surface area contributed by atoms with Crippen LogP contribution in [0.4, 0.5) is 0 Å². The topological polar surface area (TPSA) is 72.9 Å². The Morgan fingerprint density at radius 3 is 2.72 bits per heavy atom. The SMILES string of the molecule is Cc1nc(-c2nnc3n2CCN(N)[C@@H]3C)c(C)s1. The number of aromatic nitrogens is 4. The highest BCUT2D eigenvalue weighted by Gasteiger charge is 2.27. The zero-order valence-corrected chi connectivity index (χ0v) is 11.5. The molecule has 96 valence electrons. The van der Waals surface area contributed by atoms with Crippen molar-refractivity contribution in [2.24, 2.45) is 5.84 Å². The first kappa shape index (κ1) is 11.8. The molecular weight excluding hydrogens is 248 g/mol. The van der Waals surface area contributed by atoms with E-state index in [2.05, 4.69) is 26.7 Å². The minimum atomic E-state index is 0.0973. The summed E-state index contributed by atoms with van der Waals surface area (Å²) >= 11 is 1.69. The normalized spacial score (nSPS) is 20.1. The third-order valence-electron chi connectivity index (χ3n) is 3.35. The first-order chi connectivity index (χ1) is 8.58. The Balaban J connectivity index is 2.11. The third-order valence-corrected chi connectivity index (χ3v) is 4.23. The Labute approximate surface area is 109 Å². The maximum Gasteiger partial charge on any atom is 0.183 e. The molecule has 6 nitrogen and oxygen atoms in total. The van der Waals surface area contributed by atoms with Gasteiger partial charge in [-0.1, -0.05) is 0 Å². The number of nitrogens with two attached hydrogens (primary N) is 1. The minimum Gasteiger partial charge on any atom is -0.307 e. The van der Waals surface area contributed by atoms with Crippen molar-refractivity contribution in [2.75, 3.05) is 6.54 Å². The summed E-state index contributed by atoms with van der Waals surface area (Å²) in [4.78, 5) is 5.74. The molecule has 0 amide bonds. The highest BCUT2D eigenvalue weighted by molar-refractivity contribution is 7.11. The number of hydrogen-bond donors (Lipinski definition) is 1. The fraction of sp³-hybridized carbons (Fsp3) is 0.545. The van der Waals surface area contributed by atoms with E-state index in [1.165, 1.54) is 4.88 Å². The minimum absolute atomic E-state index is 0.0973. The highest BCUT2D eigenvalue weighted by Crippen LogP contribution is 2.29. The summed E-state index contributed by atoms with van der Waals surface area (Å²) in [6.45, 7) is 7.75. The maximum atomic E-state index is 5.91. The van der Waals surface area contributed by atoms with Gasteiger partial charge in [-0.25, -0.2) is 9.99 Å². The fourth-order valence-corrected chi connectivity index (χ4v) is 3.13. The van der Waals surface area contributed by atoms with Crippen LogP contribution in [0.3, 0.4) is 0 Å². The summed E-state index contributed by atoms with van der Waals surface area (Å²) in [5.74, 6) is 7.70. The summed E-state index contributed by atoms with van der Waals surface area (Å²) in [5, 5.41) is 11.4. The smallest absolute Gasteiger partial charge is 0.183 e. The van der Waals surface area contributed by atoms with Gasteiger partial charge in [0.2, 0.25) is 0 Å². The van der Waals surface area contributed by atoms with Crippen molar-refractivity contribution in [1.29, 1.82) is 0 Å². The molecule has 0 aromatic carbocycles. The van der Waals surface area contributed by atoms with Crippen molar-refractivity contribution in [1.82, 2.24) is 24.8 Å². The van der Waals surface area contributed by atoms with Gasteiger partial charge in [0.25, 0.3) is 0 Å². The van der Waals surface area contributed by atoms with Crippen molar-refractivity contribution >= 4 is 11.3 Å². The molecule has 2 aromatic rings. The summed E-state index contributed by atoms with van der Waals surface area (Å²) in [5.41, 5.74) is 0.953. The predicted molar refractivity (Wildman–Crippen MR) is 69.9 cm³/mol. The van der Waals surface area contributed by atoms with Crippen LogP contribution in [0.25, 0.3) is 11.5 Å². The number of hydrogen-bond acceptors (Lipinski definition) is 6. The molecular formula is C11H16N6S. The number of thiazole rings is 1. The van der Waals surface area contributed by atoms with Crippen molar-refractivity contribution in [2.45, 2.75) is 33.4 Å². The molecule has 3 rings (SSSR count). The van der Waals surface area contributed by atoms with E-state index in [1.807, 2.05) is 13.8 Å². The molecule has 18 heavy (non-hydrogen) atoms. The lowest BCUT2D eigenvalue weighted by Crippen LogP contribution is -2.41. The van der Waals surface area contributed by atoms with E-state index < -0.39 is 0 Å². The van der Waals surface area contributed by atoms with Gasteiger partial charge in [-0.2, -0.15) is 0 Å². The Bertz CT molecular complexity index is 586. The molecule has 0 saturated carbocycles. The lowest BCUT2D eigenvalue weighted by atomic mass is 10.2. The third kappa shape index (κ3) is 1.66. The molecule has 0 radical (unpaired) electrons. The highest BCUT2D eigenvalue weighted by atomic mass is 32.1. The van der Waals surface area contributed by atoms with Gasteiger partial charge in [0.1, 0.15) is 5.69 Å². The van der Waals surface area contributed by atoms with E-state index in [-0.39, 0.29) is 6.04 Å². The Hall–Kier alpha value is -1.31. The summed E-state index contributed by atoms with van der Waals surface area (Å²) < 4.78 is 2.13. The standard InChI is InChI=1S/C11H16N6S/c1-6-10-14-15-11(16(10)4-5-17(6)12)9-7(2)18-8(3)13-9/h6H,4-5,12H2,1-3H3/t6-/m1/s1. The second kappa shape index (κ2) is 4.11. The maximum absolute atomic E-state index is 5.91. The van der Waals surface area contributed by atoms with Crippen LogP contribution >= 0.6 is 11.3 Å². The van der Waals surface area contributed by atoms with Crippen LogP contribution in [0.15, 0.2) is 0 Å². The van der Waals surface area contributed by atoms with Gasteiger partial charge in [0.05, 0.1) is 11.0 Å². The first-order valence-electron chi connectivity index (χ1n) is 5.96. The van der Waals surface area contributed by atoms with Crippen molar-refractivity contribution in [3.8, 4) is 11.5 Å². The average molecular weight is 264 g/mol. The number of aryl methyl sites for hydroxylation is 2. The molecule has 3 heterocycles.